The molecule has 29 heavy (non-hydrogen) atoms. The molecule has 3 N–H and O–H groups in total. The van der Waals surface area contributed by atoms with Gasteiger partial charge < -0.3 is 20.7 Å². The SMILES string of the molecule is COCc1ccccc1NC(N)=NCCCC(=O)N1CCc2ccccc2C1.I. The first-order chi connectivity index (χ1) is 13.7. The third-order valence-corrected chi connectivity index (χ3v) is 4.89. The van der Waals surface area contributed by atoms with Gasteiger partial charge in [0.2, 0.25) is 5.91 Å². The van der Waals surface area contributed by atoms with Crippen LogP contribution >= 0.6 is 24.0 Å². The molecule has 0 aliphatic carbocycles. The number of halogens is 1. The summed E-state index contributed by atoms with van der Waals surface area (Å²) in [6.45, 7) is 2.52. The van der Waals surface area contributed by atoms with Crippen LogP contribution in [-0.4, -0.2) is 37.0 Å². The van der Waals surface area contributed by atoms with Crippen molar-refractivity contribution < 1.29 is 9.53 Å². The number of carbonyl (C=O) groups is 1. The van der Waals surface area contributed by atoms with E-state index in [4.69, 9.17) is 10.5 Å². The van der Waals surface area contributed by atoms with E-state index in [1.54, 1.807) is 7.11 Å². The van der Waals surface area contributed by atoms with Gasteiger partial charge in [-0.3, -0.25) is 9.79 Å². The second-order valence-corrected chi connectivity index (χ2v) is 6.92. The maximum atomic E-state index is 12.5. The van der Waals surface area contributed by atoms with Crippen molar-refractivity contribution in [2.45, 2.75) is 32.4 Å². The molecule has 0 saturated heterocycles. The molecule has 7 heteroatoms. The van der Waals surface area contributed by atoms with E-state index in [-0.39, 0.29) is 29.9 Å². The van der Waals surface area contributed by atoms with Crippen LogP contribution in [0.2, 0.25) is 0 Å². The summed E-state index contributed by atoms with van der Waals surface area (Å²) >= 11 is 0. The van der Waals surface area contributed by atoms with E-state index in [0.29, 0.717) is 38.5 Å². The van der Waals surface area contributed by atoms with Crippen molar-refractivity contribution >= 4 is 41.5 Å². The minimum atomic E-state index is 0. The summed E-state index contributed by atoms with van der Waals surface area (Å²) in [5.41, 5.74) is 10.5. The summed E-state index contributed by atoms with van der Waals surface area (Å²) in [5, 5.41) is 3.11. The number of fused-ring (bicyclic) bond motifs is 1. The molecule has 0 radical (unpaired) electrons. The number of nitrogens with one attached hydrogen (secondary N) is 1. The molecular weight excluding hydrogens is 479 g/mol. The van der Waals surface area contributed by atoms with Gasteiger partial charge in [0.25, 0.3) is 0 Å². The second-order valence-electron chi connectivity index (χ2n) is 6.92. The molecule has 2 aromatic carbocycles. The Labute approximate surface area is 189 Å². The molecule has 6 nitrogen and oxygen atoms in total. The summed E-state index contributed by atoms with van der Waals surface area (Å²) in [6, 6.07) is 16.1. The van der Waals surface area contributed by atoms with E-state index in [1.165, 1.54) is 11.1 Å². The molecule has 0 atom stereocenters. The molecule has 0 saturated carbocycles. The lowest BCUT2D eigenvalue weighted by molar-refractivity contribution is -0.132. The molecule has 1 aliphatic rings. The highest BCUT2D eigenvalue weighted by atomic mass is 127. The fourth-order valence-electron chi connectivity index (χ4n) is 3.40. The van der Waals surface area contributed by atoms with Gasteiger partial charge in [0.1, 0.15) is 0 Å². The first kappa shape index (κ1) is 23.2. The highest BCUT2D eigenvalue weighted by Gasteiger charge is 2.19. The summed E-state index contributed by atoms with van der Waals surface area (Å²) in [7, 11) is 1.66. The van der Waals surface area contributed by atoms with Crippen LogP contribution in [0.15, 0.2) is 53.5 Å². The number of aliphatic imine (C=N–C) groups is 1. The van der Waals surface area contributed by atoms with Crippen LogP contribution in [0.3, 0.4) is 0 Å². The molecule has 0 aromatic heterocycles. The van der Waals surface area contributed by atoms with Gasteiger partial charge in [0.15, 0.2) is 5.96 Å². The zero-order chi connectivity index (χ0) is 19.8. The predicted octanol–water partition coefficient (Wildman–Crippen LogP) is 3.54. The smallest absolute Gasteiger partial charge is 0.222 e. The van der Waals surface area contributed by atoms with Crippen molar-refractivity contribution in [3.63, 3.8) is 0 Å². The van der Waals surface area contributed by atoms with Crippen LogP contribution in [0.1, 0.15) is 29.5 Å². The number of methoxy groups -OCH3 is 1. The maximum Gasteiger partial charge on any atom is 0.222 e. The fraction of sp³-hybridized carbons (Fsp3) is 0.364. The first-order valence-corrected chi connectivity index (χ1v) is 9.65. The normalized spacial score (nSPS) is 13.4. The number of hydrogen-bond donors (Lipinski definition) is 2. The Morgan fingerprint density at radius 3 is 2.69 bits per heavy atom. The number of anilines is 1. The van der Waals surface area contributed by atoms with Gasteiger partial charge in [-0.05, 0) is 30.0 Å². The van der Waals surface area contributed by atoms with Crippen molar-refractivity contribution in [2.75, 3.05) is 25.5 Å². The number of para-hydroxylation sites is 1. The molecule has 3 rings (SSSR count). The van der Waals surface area contributed by atoms with E-state index < -0.39 is 0 Å². The molecule has 0 fully saturated rings. The van der Waals surface area contributed by atoms with E-state index in [0.717, 1.165) is 24.2 Å². The van der Waals surface area contributed by atoms with Crippen molar-refractivity contribution in [1.29, 1.82) is 0 Å². The number of nitrogens with two attached hydrogens (primary N) is 1. The number of rotatable bonds is 7. The zero-order valence-electron chi connectivity index (χ0n) is 16.8. The number of hydrogen-bond acceptors (Lipinski definition) is 3. The first-order valence-electron chi connectivity index (χ1n) is 9.65. The largest absolute Gasteiger partial charge is 0.380 e. The Bertz CT molecular complexity index is 841. The Hall–Kier alpha value is -2.13. The third kappa shape index (κ3) is 6.71. The van der Waals surface area contributed by atoms with Crippen molar-refractivity contribution in [2.24, 2.45) is 10.7 Å². The van der Waals surface area contributed by atoms with Gasteiger partial charge in [0.05, 0.1) is 6.61 Å². The van der Waals surface area contributed by atoms with Gasteiger partial charge in [-0.15, -0.1) is 24.0 Å². The number of benzene rings is 2. The minimum Gasteiger partial charge on any atom is -0.380 e. The third-order valence-electron chi connectivity index (χ3n) is 4.89. The Morgan fingerprint density at radius 2 is 1.90 bits per heavy atom. The van der Waals surface area contributed by atoms with Gasteiger partial charge in [-0.1, -0.05) is 42.5 Å². The highest BCUT2D eigenvalue weighted by Crippen LogP contribution is 2.19. The van der Waals surface area contributed by atoms with E-state index >= 15 is 0 Å². The van der Waals surface area contributed by atoms with Crippen LogP contribution in [0.4, 0.5) is 5.69 Å². The van der Waals surface area contributed by atoms with Crippen LogP contribution in [-0.2, 0) is 29.1 Å². The Balaban J connectivity index is 0.00000300. The lowest BCUT2D eigenvalue weighted by atomic mass is 9.99. The molecule has 156 valence electrons. The van der Waals surface area contributed by atoms with Crippen LogP contribution < -0.4 is 11.1 Å². The lowest BCUT2D eigenvalue weighted by Gasteiger charge is -2.28. The quantitative estimate of drug-likeness (QED) is 0.260. The maximum absolute atomic E-state index is 12.5. The second kappa shape index (κ2) is 11.8. The molecule has 0 bridgehead atoms. The number of nitrogens with zero attached hydrogens (tertiary/aromatic N) is 2. The number of ether oxygens (including phenoxy) is 1. The van der Waals surface area contributed by atoms with Gasteiger partial charge in [-0.2, -0.15) is 0 Å². The zero-order valence-corrected chi connectivity index (χ0v) is 19.1. The van der Waals surface area contributed by atoms with Crippen molar-refractivity contribution in [3.05, 3.63) is 65.2 Å². The Morgan fingerprint density at radius 1 is 1.17 bits per heavy atom. The van der Waals surface area contributed by atoms with E-state index in [9.17, 15) is 4.79 Å². The fourth-order valence-corrected chi connectivity index (χ4v) is 3.40. The van der Waals surface area contributed by atoms with Gasteiger partial charge in [0, 0.05) is 44.4 Å². The molecule has 1 aliphatic heterocycles. The average Bonchev–Trinajstić information content (AvgIpc) is 2.72. The standard InChI is InChI=1S/C22H28N4O2.HI/c1-28-16-19-9-4-5-10-20(19)25-22(23)24-13-6-11-21(27)26-14-12-17-7-2-3-8-18(17)15-26;/h2-5,7-10H,6,11-16H2,1H3,(H3,23,24,25);1H. The Kier molecular flexibility index (Phi) is 9.40. The molecule has 1 heterocycles. The topological polar surface area (TPSA) is 80.0 Å². The highest BCUT2D eigenvalue weighted by molar-refractivity contribution is 14.0. The van der Waals surface area contributed by atoms with Gasteiger partial charge in [-0.25, -0.2) is 0 Å². The minimum absolute atomic E-state index is 0. The van der Waals surface area contributed by atoms with Gasteiger partial charge >= 0.3 is 0 Å². The van der Waals surface area contributed by atoms with Crippen LogP contribution in [0.5, 0.6) is 0 Å². The summed E-state index contributed by atoms with van der Waals surface area (Å²) in [5.74, 6) is 0.532. The lowest BCUT2D eigenvalue weighted by Crippen LogP contribution is -2.35. The molecule has 0 spiro atoms. The van der Waals surface area contributed by atoms with E-state index in [1.807, 2.05) is 35.2 Å². The summed E-state index contributed by atoms with van der Waals surface area (Å²) in [4.78, 5) is 18.8. The number of carbonyl (C=O) groups excluding carboxylic acids is 1. The molecular formula is C22H29IN4O2. The average molecular weight is 508 g/mol. The van der Waals surface area contributed by atoms with Crippen molar-refractivity contribution in [1.82, 2.24) is 4.90 Å². The van der Waals surface area contributed by atoms with Crippen molar-refractivity contribution in [3.8, 4) is 0 Å². The number of guanidine groups is 1. The summed E-state index contributed by atoms with van der Waals surface area (Å²) < 4.78 is 5.19. The predicted molar refractivity (Wildman–Crippen MR) is 127 cm³/mol. The molecule has 2 aromatic rings. The number of amides is 1. The monoisotopic (exact) mass is 508 g/mol. The molecule has 1 amide bonds. The van der Waals surface area contributed by atoms with E-state index in [2.05, 4.69) is 28.5 Å². The van der Waals surface area contributed by atoms with Crippen LogP contribution in [0, 0.1) is 0 Å². The summed E-state index contributed by atoms with van der Waals surface area (Å²) in [6.07, 6.45) is 2.09. The van der Waals surface area contributed by atoms with Crippen LogP contribution in [0.25, 0.3) is 0 Å². The molecule has 0 unspecified atom stereocenters.